The van der Waals surface area contributed by atoms with Crippen LogP contribution in [-0.2, 0) is 0 Å². The Kier molecular flexibility index (Phi) is 3.68. The van der Waals surface area contributed by atoms with Crippen LogP contribution in [0, 0.1) is 11.7 Å². The van der Waals surface area contributed by atoms with Crippen molar-refractivity contribution in [3.8, 4) is 5.75 Å². The number of ether oxygens (including phenoxy) is 1. The van der Waals surface area contributed by atoms with Gasteiger partial charge in [-0.3, -0.25) is 0 Å². The molecule has 1 aromatic rings. The largest absolute Gasteiger partial charge is 0.490 e. The van der Waals surface area contributed by atoms with Crippen molar-refractivity contribution < 1.29 is 17.9 Å². The lowest BCUT2D eigenvalue weighted by atomic mass is 9.87. The molecule has 2 rings (SSSR count). The lowest BCUT2D eigenvalue weighted by molar-refractivity contribution is -0.0586. The van der Waals surface area contributed by atoms with E-state index in [0.29, 0.717) is 18.5 Å². The molecule has 1 aliphatic rings. The van der Waals surface area contributed by atoms with Crippen molar-refractivity contribution in [2.24, 2.45) is 5.92 Å². The first-order chi connectivity index (χ1) is 8.46. The van der Waals surface area contributed by atoms with Crippen LogP contribution < -0.4 is 10.5 Å². The summed E-state index contributed by atoms with van der Waals surface area (Å²) in [5, 5.41) is 0. The van der Waals surface area contributed by atoms with Crippen LogP contribution in [0.2, 0.25) is 0 Å². The molecule has 1 saturated carbocycles. The number of anilines is 1. The summed E-state index contributed by atoms with van der Waals surface area (Å²) >= 11 is 0. The molecule has 0 radical (unpaired) electrons. The van der Waals surface area contributed by atoms with Crippen molar-refractivity contribution in [3.05, 3.63) is 24.0 Å². The SMILES string of the molecule is Nc1ccc(OCC2CCCC(F)(F)C2)c(F)c1. The zero-order valence-electron chi connectivity index (χ0n) is 9.96. The molecule has 1 atom stereocenters. The van der Waals surface area contributed by atoms with E-state index in [1.807, 2.05) is 0 Å². The first kappa shape index (κ1) is 13.1. The van der Waals surface area contributed by atoms with Gasteiger partial charge in [0.05, 0.1) is 6.61 Å². The van der Waals surface area contributed by atoms with E-state index in [9.17, 15) is 13.2 Å². The van der Waals surface area contributed by atoms with E-state index in [-0.39, 0.29) is 31.1 Å². The minimum atomic E-state index is -2.61. The van der Waals surface area contributed by atoms with Crippen molar-refractivity contribution >= 4 is 5.69 Å². The number of nitrogen functional groups attached to an aromatic ring is 1. The molecule has 1 aromatic carbocycles. The van der Waals surface area contributed by atoms with Crippen molar-refractivity contribution in [1.82, 2.24) is 0 Å². The quantitative estimate of drug-likeness (QED) is 0.841. The molecule has 0 aliphatic heterocycles. The molecule has 0 spiro atoms. The Labute approximate surface area is 104 Å². The molecule has 0 heterocycles. The lowest BCUT2D eigenvalue weighted by Gasteiger charge is -2.28. The lowest BCUT2D eigenvalue weighted by Crippen LogP contribution is -2.29. The maximum Gasteiger partial charge on any atom is 0.248 e. The molecule has 18 heavy (non-hydrogen) atoms. The highest BCUT2D eigenvalue weighted by Gasteiger charge is 2.36. The van der Waals surface area contributed by atoms with E-state index in [0.717, 1.165) is 6.07 Å². The number of hydrogen-bond donors (Lipinski definition) is 1. The number of alkyl halides is 2. The first-order valence-corrected chi connectivity index (χ1v) is 6.02. The zero-order valence-corrected chi connectivity index (χ0v) is 9.96. The standard InChI is InChI=1S/C13H16F3NO/c14-11-6-10(17)3-4-12(11)18-8-9-2-1-5-13(15,16)7-9/h3-4,6,9H,1-2,5,7-8,17H2. The number of nitrogens with two attached hydrogens (primary N) is 1. The van der Waals surface area contributed by atoms with Gasteiger partial charge in [0.1, 0.15) is 0 Å². The summed E-state index contributed by atoms with van der Waals surface area (Å²) in [5.41, 5.74) is 5.72. The highest BCUT2D eigenvalue weighted by Crippen LogP contribution is 2.36. The summed E-state index contributed by atoms with van der Waals surface area (Å²) in [4.78, 5) is 0. The van der Waals surface area contributed by atoms with Crippen molar-refractivity contribution in [1.29, 1.82) is 0 Å². The van der Waals surface area contributed by atoms with E-state index in [1.54, 1.807) is 0 Å². The molecule has 1 unspecified atom stereocenters. The van der Waals surface area contributed by atoms with Gasteiger partial charge in [0.15, 0.2) is 11.6 Å². The molecular formula is C13H16F3NO. The Morgan fingerprint density at radius 1 is 1.39 bits per heavy atom. The number of hydrogen-bond acceptors (Lipinski definition) is 2. The number of rotatable bonds is 3. The zero-order chi connectivity index (χ0) is 13.2. The van der Waals surface area contributed by atoms with Gasteiger partial charge in [-0.1, -0.05) is 0 Å². The van der Waals surface area contributed by atoms with Crippen LogP contribution in [0.5, 0.6) is 5.75 Å². The normalized spacial score (nSPS) is 22.7. The molecule has 1 fully saturated rings. The van der Waals surface area contributed by atoms with Crippen molar-refractivity contribution in [2.45, 2.75) is 31.6 Å². The highest BCUT2D eigenvalue weighted by atomic mass is 19.3. The second kappa shape index (κ2) is 5.08. The summed E-state index contributed by atoms with van der Waals surface area (Å²) in [7, 11) is 0. The fraction of sp³-hybridized carbons (Fsp3) is 0.538. The molecule has 5 heteroatoms. The first-order valence-electron chi connectivity index (χ1n) is 6.02. The molecular weight excluding hydrogens is 243 g/mol. The maximum absolute atomic E-state index is 13.4. The molecule has 2 nitrogen and oxygen atoms in total. The third-order valence-electron chi connectivity index (χ3n) is 3.17. The number of benzene rings is 1. The van der Waals surface area contributed by atoms with E-state index in [1.165, 1.54) is 12.1 Å². The molecule has 100 valence electrons. The van der Waals surface area contributed by atoms with Crippen LogP contribution in [0.3, 0.4) is 0 Å². The summed E-state index contributed by atoms with van der Waals surface area (Å²) in [5.74, 6) is -3.31. The second-order valence-corrected chi connectivity index (χ2v) is 4.82. The topological polar surface area (TPSA) is 35.2 Å². The highest BCUT2D eigenvalue weighted by molar-refractivity contribution is 5.42. The number of halogens is 3. The summed E-state index contributed by atoms with van der Waals surface area (Å²) in [6, 6.07) is 4.10. The Morgan fingerprint density at radius 3 is 2.83 bits per heavy atom. The molecule has 0 saturated heterocycles. The summed E-state index contributed by atoms with van der Waals surface area (Å²) in [6.45, 7) is 0.121. The van der Waals surface area contributed by atoms with E-state index >= 15 is 0 Å². The molecule has 0 bridgehead atoms. The van der Waals surface area contributed by atoms with Gasteiger partial charge in [0.25, 0.3) is 0 Å². The molecule has 1 aliphatic carbocycles. The van der Waals surface area contributed by atoms with Gasteiger partial charge in [-0.25, -0.2) is 13.2 Å². The third-order valence-corrected chi connectivity index (χ3v) is 3.17. The molecule has 0 amide bonds. The van der Waals surface area contributed by atoms with E-state index < -0.39 is 11.7 Å². The van der Waals surface area contributed by atoms with Crippen LogP contribution in [0.25, 0.3) is 0 Å². The summed E-state index contributed by atoms with van der Waals surface area (Å²) < 4.78 is 45.0. The van der Waals surface area contributed by atoms with Gasteiger partial charge in [0, 0.05) is 24.6 Å². The van der Waals surface area contributed by atoms with Crippen LogP contribution in [0.4, 0.5) is 18.9 Å². The minimum absolute atomic E-state index is 0.0558. The predicted molar refractivity (Wildman–Crippen MR) is 63.2 cm³/mol. The van der Waals surface area contributed by atoms with Gasteiger partial charge >= 0.3 is 0 Å². The van der Waals surface area contributed by atoms with Gasteiger partial charge in [0.2, 0.25) is 5.92 Å². The minimum Gasteiger partial charge on any atom is -0.490 e. The molecule has 0 aromatic heterocycles. The van der Waals surface area contributed by atoms with Gasteiger partial charge in [-0.2, -0.15) is 0 Å². The summed E-state index contributed by atoms with van der Waals surface area (Å²) in [6.07, 6.45) is 0.959. The average Bonchev–Trinajstić information content (AvgIpc) is 2.26. The van der Waals surface area contributed by atoms with E-state index in [4.69, 9.17) is 10.5 Å². The van der Waals surface area contributed by atoms with Crippen molar-refractivity contribution in [2.75, 3.05) is 12.3 Å². The Bertz CT molecular complexity index is 423. The van der Waals surface area contributed by atoms with Gasteiger partial charge in [-0.05, 0) is 30.9 Å². The van der Waals surface area contributed by atoms with Gasteiger partial charge < -0.3 is 10.5 Å². The third kappa shape index (κ3) is 3.31. The van der Waals surface area contributed by atoms with Crippen LogP contribution in [0.15, 0.2) is 18.2 Å². The van der Waals surface area contributed by atoms with Crippen molar-refractivity contribution in [3.63, 3.8) is 0 Å². The average molecular weight is 259 g/mol. The van der Waals surface area contributed by atoms with Crippen LogP contribution in [-0.4, -0.2) is 12.5 Å². The van der Waals surface area contributed by atoms with E-state index in [2.05, 4.69) is 0 Å². The monoisotopic (exact) mass is 259 g/mol. The Balaban J connectivity index is 1.91. The fourth-order valence-electron chi connectivity index (χ4n) is 2.26. The Hall–Kier alpha value is -1.39. The van der Waals surface area contributed by atoms with Crippen LogP contribution >= 0.6 is 0 Å². The predicted octanol–water partition coefficient (Wildman–Crippen LogP) is 3.61. The second-order valence-electron chi connectivity index (χ2n) is 4.82. The maximum atomic E-state index is 13.4. The smallest absolute Gasteiger partial charge is 0.248 e. The van der Waals surface area contributed by atoms with Gasteiger partial charge in [-0.15, -0.1) is 0 Å². The van der Waals surface area contributed by atoms with Crippen LogP contribution in [0.1, 0.15) is 25.7 Å². The fourth-order valence-corrected chi connectivity index (χ4v) is 2.26. The Morgan fingerprint density at radius 2 is 2.17 bits per heavy atom. The molecule has 2 N–H and O–H groups in total.